The van der Waals surface area contributed by atoms with Crippen LogP contribution in [0.25, 0.3) is 0 Å². The molecule has 0 amide bonds. The molecule has 0 saturated heterocycles. The van der Waals surface area contributed by atoms with Crippen LogP contribution in [-0.2, 0) is 17.8 Å². The van der Waals surface area contributed by atoms with E-state index in [0.717, 1.165) is 45.0 Å². The summed E-state index contributed by atoms with van der Waals surface area (Å²) in [5.74, 6) is 0. The number of rotatable bonds is 5. The number of benzene rings is 1. The van der Waals surface area contributed by atoms with E-state index in [0.29, 0.717) is 0 Å². The Morgan fingerprint density at radius 3 is 3.00 bits per heavy atom. The topological polar surface area (TPSA) is 38.5 Å². The number of hydrogen-bond donors (Lipinski definition) is 1. The van der Waals surface area contributed by atoms with Crippen molar-refractivity contribution in [3.63, 3.8) is 0 Å². The van der Waals surface area contributed by atoms with Crippen LogP contribution < -0.4 is 5.73 Å². The fraction of sp³-hybridized carbons (Fsp3) is 0.538. The summed E-state index contributed by atoms with van der Waals surface area (Å²) in [6, 6.07) is 6.20. The van der Waals surface area contributed by atoms with E-state index in [-0.39, 0.29) is 0 Å². The average Bonchev–Trinajstić information content (AvgIpc) is 2.69. The third-order valence-electron chi connectivity index (χ3n) is 3.05. The minimum Gasteiger partial charge on any atom is -0.398 e. The molecule has 0 fully saturated rings. The third-order valence-corrected chi connectivity index (χ3v) is 3.05. The molecule has 2 rings (SSSR count). The number of nitrogen functional groups attached to an aromatic ring is 1. The van der Waals surface area contributed by atoms with E-state index in [4.69, 9.17) is 10.5 Å². The molecule has 16 heavy (non-hydrogen) atoms. The highest BCUT2D eigenvalue weighted by molar-refractivity contribution is 5.52. The largest absolute Gasteiger partial charge is 0.398 e. The Kier molecular flexibility index (Phi) is 3.80. The molecule has 0 aliphatic carbocycles. The zero-order chi connectivity index (χ0) is 11.4. The minimum atomic E-state index is 0.813. The van der Waals surface area contributed by atoms with Gasteiger partial charge in [-0.15, -0.1) is 0 Å². The molecule has 0 atom stereocenters. The quantitative estimate of drug-likeness (QED) is 0.609. The van der Waals surface area contributed by atoms with Gasteiger partial charge < -0.3 is 10.5 Å². The van der Waals surface area contributed by atoms with Crippen molar-refractivity contribution in [3.05, 3.63) is 29.3 Å². The number of ether oxygens (including phenoxy) is 1. The lowest BCUT2D eigenvalue weighted by Gasteiger charge is -2.14. The SMILES string of the molecule is CCOCCCN1Cc2cccc(N)c2C1. The monoisotopic (exact) mass is 220 g/mol. The predicted molar refractivity (Wildman–Crippen MR) is 66.1 cm³/mol. The maximum absolute atomic E-state index is 5.96. The van der Waals surface area contributed by atoms with Crippen LogP contribution in [0.2, 0.25) is 0 Å². The Balaban J connectivity index is 1.84. The molecule has 0 radical (unpaired) electrons. The van der Waals surface area contributed by atoms with Gasteiger partial charge >= 0.3 is 0 Å². The number of nitrogens with two attached hydrogens (primary N) is 1. The summed E-state index contributed by atoms with van der Waals surface area (Å²) in [5.41, 5.74) is 9.60. The maximum atomic E-state index is 5.96. The van der Waals surface area contributed by atoms with Gasteiger partial charge in [-0.3, -0.25) is 4.90 Å². The summed E-state index contributed by atoms with van der Waals surface area (Å²) >= 11 is 0. The van der Waals surface area contributed by atoms with Crippen LogP contribution in [0.15, 0.2) is 18.2 Å². The van der Waals surface area contributed by atoms with Gasteiger partial charge in [0, 0.05) is 38.5 Å². The molecule has 1 aliphatic heterocycles. The highest BCUT2D eigenvalue weighted by Gasteiger charge is 2.19. The van der Waals surface area contributed by atoms with Crippen molar-refractivity contribution in [2.45, 2.75) is 26.4 Å². The third kappa shape index (κ3) is 2.54. The maximum Gasteiger partial charge on any atom is 0.0478 e. The summed E-state index contributed by atoms with van der Waals surface area (Å²) in [6.45, 7) is 6.83. The second kappa shape index (κ2) is 5.32. The molecule has 1 aromatic rings. The van der Waals surface area contributed by atoms with Crippen LogP contribution in [0, 0.1) is 0 Å². The molecular weight excluding hydrogens is 200 g/mol. The molecule has 0 spiro atoms. The van der Waals surface area contributed by atoms with E-state index < -0.39 is 0 Å². The Hall–Kier alpha value is -1.06. The van der Waals surface area contributed by atoms with Gasteiger partial charge in [0.25, 0.3) is 0 Å². The zero-order valence-corrected chi connectivity index (χ0v) is 9.91. The zero-order valence-electron chi connectivity index (χ0n) is 9.91. The first-order valence-electron chi connectivity index (χ1n) is 5.97. The fourth-order valence-electron chi connectivity index (χ4n) is 2.21. The second-order valence-electron chi connectivity index (χ2n) is 4.25. The van der Waals surface area contributed by atoms with Crippen LogP contribution in [0.1, 0.15) is 24.5 Å². The van der Waals surface area contributed by atoms with Crippen LogP contribution in [-0.4, -0.2) is 24.7 Å². The normalized spacial score (nSPS) is 15.3. The molecule has 0 unspecified atom stereocenters. The van der Waals surface area contributed by atoms with Gasteiger partial charge in [-0.25, -0.2) is 0 Å². The molecule has 0 bridgehead atoms. The summed E-state index contributed by atoms with van der Waals surface area (Å²) in [5, 5.41) is 0. The van der Waals surface area contributed by atoms with Crippen molar-refractivity contribution in [1.29, 1.82) is 0 Å². The summed E-state index contributed by atoms with van der Waals surface area (Å²) in [7, 11) is 0. The second-order valence-corrected chi connectivity index (χ2v) is 4.25. The fourth-order valence-corrected chi connectivity index (χ4v) is 2.21. The molecular formula is C13H20N2O. The first kappa shape index (κ1) is 11.4. The van der Waals surface area contributed by atoms with Crippen molar-refractivity contribution in [2.75, 3.05) is 25.5 Å². The van der Waals surface area contributed by atoms with E-state index in [1.165, 1.54) is 11.1 Å². The lowest BCUT2D eigenvalue weighted by Crippen LogP contribution is -2.19. The molecule has 3 nitrogen and oxygen atoms in total. The average molecular weight is 220 g/mol. The van der Waals surface area contributed by atoms with Crippen LogP contribution in [0.3, 0.4) is 0 Å². The number of anilines is 1. The minimum absolute atomic E-state index is 0.813. The number of fused-ring (bicyclic) bond motifs is 1. The van der Waals surface area contributed by atoms with Gasteiger partial charge in [0.1, 0.15) is 0 Å². The van der Waals surface area contributed by atoms with Crippen LogP contribution in [0.4, 0.5) is 5.69 Å². The van der Waals surface area contributed by atoms with Gasteiger partial charge in [-0.05, 0) is 30.5 Å². The lowest BCUT2D eigenvalue weighted by molar-refractivity contribution is 0.131. The van der Waals surface area contributed by atoms with Gasteiger partial charge in [0.05, 0.1) is 0 Å². The smallest absolute Gasteiger partial charge is 0.0478 e. The number of hydrogen-bond acceptors (Lipinski definition) is 3. The molecule has 2 N–H and O–H groups in total. The summed E-state index contributed by atoms with van der Waals surface area (Å²) in [4.78, 5) is 2.43. The van der Waals surface area contributed by atoms with E-state index in [1.54, 1.807) is 0 Å². The van der Waals surface area contributed by atoms with E-state index >= 15 is 0 Å². The molecule has 0 saturated carbocycles. The van der Waals surface area contributed by atoms with E-state index in [2.05, 4.69) is 11.0 Å². The van der Waals surface area contributed by atoms with E-state index in [9.17, 15) is 0 Å². The van der Waals surface area contributed by atoms with Gasteiger partial charge in [0.2, 0.25) is 0 Å². The Labute approximate surface area is 97.2 Å². The van der Waals surface area contributed by atoms with E-state index in [1.807, 2.05) is 19.1 Å². The van der Waals surface area contributed by atoms with Crippen molar-refractivity contribution in [2.24, 2.45) is 0 Å². The highest BCUT2D eigenvalue weighted by atomic mass is 16.5. The van der Waals surface area contributed by atoms with Gasteiger partial charge in [-0.1, -0.05) is 12.1 Å². The van der Waals surface area contributed by atoms with Gasteiger partial charge in [0.15, 0.2) is 0 Å². The molecule has 88 valence electrons. The Morgan fingerprint density at radius 2 is 2.25 bits per heavy atom. The van der Waals surface area contributed by atoms with Gasteiger partial charge in [-0.2, -0.15) is 0 Å². The Bertz CT molecular complexity index is 352. The van der Waals surface area contributed by atoms with Crippen molar-refractivity contribution < 1.29 is 4.74 Å². The molecule has 3 heteroatoms. The highest BCUT2D eigenvalue weighted by Crippen LogP contribution is 2.27. The van der Waals surface area contributed by atoms with Crippen LogP contribution >= 0.6 is 0 Å². The lowest BCUT2D eigenvalue weighted by atomic mass is 10.1. The van der Waals surface area contributed by atoms with Crippen LogP contribution in [0.5, 0.6) is 0 Å². The first-order chi connectivity index (χ1) is 7.81. The summed E-state index contributed by atoms with van der Waals surface area (Å²) < 4.78 is 5.34. The standard InChI is InChI=1S/C13H20N2O/c1-2-16-8-4-7-15-9-11-5-3-6-13(14)12(11)10-15/h3,5-6H,2,4,7-10,14H2,1H3. The predicted octanol–water partition coefficient (Wildman–Crippen LogP) is 2.01. The number of nitrogens with zero attached hydrogens (tertiary/aromatic N) is 1. The summed E-state index contributed by atoms with van der Waals surface area (Å²) in [6.07, 6.45) is 1.10. The Morgan fingerprint density at radius 1 is 1.38 bits per heavy atom. The van der Waals surface area contributed by atoms with Crippen molar-refractivity contribution in [3.8, 4) is 0 Å². The van der Waals surface area contributed by atoms with Crippen molar-refractivity contribution >= 4 is 5.69 Å². The molecule has 1 aliphatic rings. The van der Waals surface area contributed by atoms with Crippen molar-refractivity contribution in [1.82, 2.24) is 4.90 Å². The molecule has 1 heterocycles. The molecule has 1 aromatic carbocycles. The molecule has 0 aromatic heterocycles. The first-order valence-corrected chi connectivity index (χ1v) is 5.97.